The van der Waals surface area contributed by atoms with Gasteiger partial charge in [-0.2, -0.15) is 4.80 Å². The second kappa shape index (κ2) is 12.7. The molecule has 51 heavy (non-hydrogen) atoms. The van der Waals surface area contributed by atoms with Crippen molar-refractivity contribution in [3.63, 3.8) is 0 Å². The van der Waals surface area contributed by atoms with Gasteiger partial charge in [-0.1, -0.05) is 95.5 Å². The van der Waals surface area contributed by atoms with Crippen molar-refractivity contribution in [1.82, 2.24) is 25.1 Å². The topological polar surface area (TPSA) is 129 Å². The van der Waals surface area contributed by atoms with E-state index in [-0.39, 0.29) is 57.1 Å². The van der Waals surface area contributed by atoms with Gasteiger partial charge in [-0.15, -0.1) is 5.10 Å². The van der Waals surface area contributed by atoms with Gasteiger partial charge in [0.1, 0.15) is 6.04 Å². The van der Waals surface area contributed by atoms with E-state index in [0.717, 1.165) is 38.5 Å². The molecule has 1 aliphatic heterocycles. The van der Waals surface area contributed by atoms with Crippen molar-refractivity contribution in [3.05, 3.63) is 47.5 Å². The van der Waals surface area contributed by atoms with Crippen molar-refractivity contribution < 1.29 is 19.4 Å². The number of nitrogen functional groups attached to an aromatic ring is 1. The number of nitrogens with zero attached hydrogens (tertiary/aromatic N) is 5. The Kier molecular flexibility index (Phi) is 9.06. The first-order valence-electron chi connectivity index (χ1n) is 19.4. The first-order chi connectivity index (χ1) is 24.0. The van der Waals surface area contributed by atoms with E-state index in [2.05, 4.69) is 113 Å². The SMILES string of the molecule is CC(C)[C@@H](C)[C@@]1(C)CC[C@]2(C)C3CC[C@@H]4[C@@]5(COC[C@@]4(C)[C@@H](OC[C@H](c4ccccc4)N(C)C)[C@H](n4nnc(N)n4)C5)C3=CC[C@@]2(C)[C@@H]1C(=O)O. The molecule has 0 amide bonds. The number of nitrogens with two attached hydrogens (primary N) is 1. The third-order valence-electron chi connectivity index (χ3n) is 16.1. The Labute approximate surface area is 304 Å². The highest BCUT2D eigenvalue weighted by molar-refractivity contribution is 5.73. The molecule has 280 valence electrons. The fraction of sp³-hybridized carbons (Fsp3) is 0.756. The second-order valence-corrected chi connectivity index (χ2v) is 18.7. The molecule has 2 aromatic rings. The van der Waals surface area contributed by atoms with Gasteiger partial charge in [0.05, 0.1) is 37.9 Å². The van der Waals surface area contributed by atoms with Crippen LogP contribution in [0.4, 0.5) is 5.95 Å². The standard InChI is InChI=1S/C41H62N6O4/c1-25(2)26(3)37(4)19-20-39(6)28-15-16-32-38(5)23-50-24-41(32,29(28)17-18-40(39,7)33(37)35(48)49)21-30(47-44-36(42)43-45-47)34(38)51-22-31(46(8)9)27-13-11-10-12-14-27/h10-14,17,25-26,28,30-34H,15-16,18-24H2,1-9H3,(H2,42,44)(H,48,49)/t26-,28?,30-,31-,32+,33-,34+,37-,38-,39-,40+,41+/m1/s1. The van der Waals surface area contributed by atoms with Crippen molar-refractivity contribution in [1.29, 1.82) is 0 Å². The average Bonchev–Trinajstić information content (AvgIpc) is 3.51. The third kappa shape index (κ3) is 5.27. The van der Waals surface area contributed by atoms with E-state index in [0.29, 0.717) is 37.6 Å². The van der Waals surface area contributed by atoms with Gasteiger partial charge in [-0.25, -0.2) is 0 Å². The molecule has 12 atom stereocenters. The Balaban J connectivity index is 1.29. The number of benzene rings is 1. The Morgan fingerprint density at radius 3 is 2.43 bits per heavy atom. The molecule has 3 N–H and O–H groups in total. The molecule has 4 fully saturated rings. The maximum Gasteiger partial charge on any atom is 0.307 e. The van der Waals surface area contributed by atoms with Crippen molar-refractivity contribution in [2.45, 2.75) is 105 Å². The van der Waals surface area contributed by atoms with Gasteiger partial charge in [0, 0.05) is 10.8 Å². The van der Waals surface area contributed by atoms with Gasteiger partial charge >= 0.3 is 5.97 Å². The Hall–Kier alpha value is -2.82. The summed E-state index contributed by atoms with van der Waals surface area (Å²) in [5.41, 5.74) is 7.47. The van der Waals surface area contributed by atoms with E-state index >= 15 is 0 Å². The molecule has 1 saturated heterocycles. The minimum atomic E-state index is -0.630. The Morgan fingerprint density at radius 2 is 1.80 bits per heavy atom. The van der Waals surface area contributed by atoms with Crippen molar-refractivity contribution in [2.24, 2.45) is 56.7 Å². The number of aliphatic carboxylic acids is 1. The summed E-state index contributed by atoms with van der Waals surface area (Å²) in [4.78, 5) is 17.4. The number of allylic oxidation sites excluding steroid dienone is 1. The molecule has 1 unspecified atom stereocenters. The predicted molar refractivity (Wildman–Crippen MR) is 197 cm³/mol. The lowest BCUT2D eigenvalue weighted by Gasteiger charge is -2.71. The molecular weight excluding hydrogens is 640 g/mol. The molecule has 4 aliphatic carbocycles. The molecule has 7 rings (SSSR count). The van der Waals surface area contributed by atoms with Gasteiger partial charge in [0.15, 0.2) is 0 Å². The summed E-state index contributed by atoms with van der Waals surface area (Å²) in [6.07, 6.45) is 7.88. The van der Waals surface area contributed by atoms with Crippen molar-refractivity contribution >= 4 is 11.9 Å². The summed E-state index contributed by atoms with van der Waals surface area (Å²) < 4.78 is 13.9. The first-order valence-corrected chi connectivity index (χ1v) is 19.4. The van der Waals surface area contributed by atoms with E-state index in [4.69, 9.17) is 15.2 Å². The zero-order valence-electron chi connectivity index (χ0n) is 32.4. The summed E-state index contributed by atoms with van der Waals surface area (Å²) in [5.74, 6) is 0.460. The number of carboxylic acids is 1. The van der Waals surface area contributed by atoms with Crippen LogP contribution in [-0.4, -0.2) is 76.2 Å². The number of aromatic nitrogens is 4. The minimum Gasteiger partial charge on any atom is -0.481 e. The molecule has 2 bridgehead atoms. The van der Waals surface area contributed by atoms with E-state index in [9.17, 15) is 9.90 Å². The number of hydrogen-bond acceptors (Lipinski definition) is 8. The zero-order chi connectivity index (χ0) is 36.7. The molecule has 3 saturated carbocycles. The van der Waals surface area contributed by atoms with Gasteiger partial charge < -0.3 is 25.2 Å². The number of hydrogen-bond donors (Lipinski definition) is 2. The monoisotopic (exact) mass is 702 g/mol. The van der Waals surface area contributed by atoms with Gasteiger partial charge in [0.25, 0.3) is 5.95 Å². The van der Waals surface area contributed by atoms with Gasteiger partial charge in [-0.05, 0) is 103 Å². The molecule has 1 aromatic heterocycles. The minimum absolute atomic E-state index is 0.0763. The van der Waals surface area contributed by atoms with Crippen LogP contribution in [0.25, 0.3) is 0 Å². The molecule has 0 spiro atoms. The number of fused-ring (bicyclic) bond motifs is 3. The van der Waals surface area contributed by atoms with Crippen LogP contribution in [0.2, 0.25) is 0 Å². The molecule has 5 aliphatic rings. The molecule has 0 radical (unpaired) electrons. The normalized spacial score (nSPS) is 41.6. The highest BCUT2D eigenvalue weighted by Gasteiger charge is 2.72. The van der Waals surface area contributed by atoms with Crippen LogP contribution in [0.5, 0.6) is 0 Å². The van der Waals surface area contributed by atoms with Crippen LogP contribution >= 0.6 is 0 Å². The lowest BCUT2D eigenvalue weighted by atomic mass is 9.34. The fourth-order valence-corrected chi connectivity index (χ4v) is 12.9. The maximum absolute atomic E-state index is 13.5. The van der Waals surface area contributed by atoms with Crippen LogP contribution in [0.15, 0.2) is 42.0 Å². The summed E-state index contributed by atoms with van der Waals surface area (Å²) in [7, 11) is 4.21. The summed E-state index contributed by atoms with van der Waals surface area (Å²) in [6.45, 7) is 17.9. The average molecular weight is 703 g/mol. The second-order valence-electron chi connectivity index (χ2n) is 18.7. The predicted octanol–water partition coefficient (Wildman–Crippen LogP) is 7.07. The van der Waals surface area contributed by atoms with Gasteiger partial charge in [-0.3, -0.25) is 4.79 Å². The van der Waals surface area contributed by atoms with E-state index in [1.807, 2.05) is 6.07 Å². The fourth-order valence-electron chi connectivity index (χ4n) is 12.9. The maximum atomic E-state index is 13.5. The van der Waals surface area contributed by atoms with Crippen LogP contribution in [0, 0.1) is 56.7 Å². The Morgan fingerprint density at radius 1 is 1.08 bits per heavy atom. The lowest BCUT2D eigenvalue weighted by molar-refractivity contribution is -0.253. The lowest BCUT2D eigenvalue weighted by Crippen LogP contribution is -2.69. The number of likely N-dealkylation sites (N-methyl/N-ethyl adjacent to an activating group) is 1. The largest absolute Gasteiger partial charge is 0.481 e. The Bertz CT molecular complexity index is 1650. The van der Waals surface area contributed by atoms with Crippen molar-refractivity contribution in [3.8, 4) is 0 Å². The summed E-state index contributed by atoms with van der Waals surface area (Å²) in [6, 6.07) is 10.4. The summed E-state index contributed by atoms with van der Waals surface area (Å²) in [5, 5.41) is 24.3. The zero-order valence-corrected chi connectivity index (χ0v) is 32.4. The number of anilines is 1. The highest BCUT2D eigenvalue weighted by Crippen LogP contribution is 2.75. The number of carbonyl (C=O) groups is 1. The number of carboxylic acid groups (broad SMARTS) is 1. The van der Waals surface area contributed by atoms with E-state index in [1.165, 1.54) is 11.1 Å². The first kappa shape index (κ1) is 36.5. The summed E-state index contributed by atoms with van der Waals surface area (Å²) >= 11 is 0. The van der Waals surface area contributed by atoms with E-state index in [1.54, 1.807) is 4.80 Å². The molecule has 1 aromatic carbocycles. The number of ether oxygens (including phenoxy) is 2. The number of tetrazole rings is 1. The van der Waals surface area contributed by atoms with Crippen LogP contribution in [0.3, 0.4) is 0 Å². The van der Waals surface area contributed by atoms with Crippen molar-refractivity contribution in [2.75, 3.05) is 39.6 Å². The molecular formula is C41H62N6O4. The molecule has 2 heterocycles. The highest BCUT2D eigenvalue weighted by atomic mass is 16.5. The quantitative estimate of drug-likeness (QED) is 0.264. The third-order valence-corrected chi connectivity index (χ3v) is 16.1. The van der Waals surface area contributed by atoms with Crippen LogP contribution in [-0.2, 0) is 14.3 Å². The van der Waals surface area contributed by atoms with E-state index < -0.39 is 11.9 Å². The molecule has 10 heteroatoms. The molecule has 10 nitrogen and oxygen atoms in total. The van der Waals surface area contributed by atoms with Gasteiger partial charge in [0.2, 0.25) is 0 Å². The number of rotatable bonds is 9. The smallest absolute Gasteiger partial charge is 0.307 e. The van der Waals surface area contributed by atoms with Crippen LogP contribution in [0.1, 0.15) is 105 Å². The van der Waals surface area contributed by atoms with Crippen LogP contribution < -0.4 is 5.73 Å².